The fourth-order valence-corrected chi connectivity index (χ4v) is 3.50. The summed E-state index contributed by atoms with van der Waals surface area (Å²) in [6.45, 7) is 16.1. The molecule has 0 saturated heterocycles. The molecule has 0 radical (unpaired) electrons. The van der Waals surface area contributed by atoms with Crippen molar-refractivity contribution in [2.24, 2.45) is 5.41 Å². The Bertz CT molecular complexity index is 977. The van der Waals surface area contributed by atoms with Gasteiger partial charge in [-0.05, 0) is 63.1 Å². The first-order valence-electron chi connectivity index (χ1n) is 9.65. The number of benzene rings is 2. The van der Waals surface area contributed by atoms with Crippen molar-refractivity contribution in [1.82, 2.24) is 5.32 Å². The molecule has 3 nitrogen and oxygen atoms in total. The van der Waals surface area contributed by atoms with Crippen LogP contribution in [0.1, 0.15) is 35.3 Å². The zero-order chi connectivity index (χ0) is 25.2. The fraction of sp³-hybridized carbons (Fsp3) is 0.280. The summed E-state index contributed by atoms with van der Waals surface area (Å²) in [7, 11) is -2.34. The Labute approximate surface area is 190 Å². The van der Waals surface area contributed by atoms with Gasteiger partial charge in [0.2, 0.25) is 0 Å². The van der Waals surface area contributed by atoms with Crippen LogP contribution in [0.4, 0.5) is 13.2 Å². The molecule has 2 aromatic rings. The van der Waals surface area contributed by atoms with Crippen molar-refractivity contribution in [2.75, 3.05) is 12.8 Å². The van der Waals surface area contributed by atoms with E-state index in [0.29, 0.717) is 29.0 Å². The molecule has 7 heteroatoms. The van der Waals surface area contributed by atoms with Gasteiger partial charge in [0.25, 0.3) is 5.91 Å². The van der Waals surface area contributed by atoms with E-state index in [-0.39, 0.29) is 5.91 Å². The predicted octanol–water partition coefficient (Wildman–Crippen LogP) is 6.01. The molecule has 0 aliphatic rings. The van der Waals surface area contributed by atoms with Crippen molar-refractivity contribution < 1.29 is 22.2 Å². The van der Waals surface area contributed by atoms with E-state index in [1.54, 1.807) is 30.3 Å². The molecular formula is C25H32F3NO2S. The Morgan fingerprint density at radius 3 is 2.00 bits per heavy atom. The van der Waals surface area contributed by atoms with Gasteiger partial charge in [-0.25, -0.2) is 0 Å². The molecule has 0 aliphatic carbocycles. The molecule has 1 unspecified atom stereocenters. The Hall–Kier alpha value is -2.80. The van der Waals surface area contributed by atoms with Crippen LogP contribution in [0.3, 0.4) is 0 Å². The SMILES string of the molecule is C=C.C=C.C=S(C)(=O)c1ccc(C(=O)NCC(C)(C)Cc2cccc(C(F)(F)F)c2)cc1. The van der Waals surface area contributed by atoms with Crippen molar-refractivity contribution in [3.05, 3.63) is 91.5 Å². The number of carbonyl (C=O) groups excluding carboxylic acids is 1. The molecule has 0 spiro atoms. The number of hydrogen-bond donors (Lipinski definition) is 1. The van der Waals surface area contributed by atoms with Crippen molar-refractivity contribution in [3.63, 3.8) is 0 Å². The molecule has 176 valence electrons. The number of nitrogens with one attached hydrogen (secondary N) is 1. The molecule has 32 heavy (non-hydrogen) atoms. The number of hydrogen-bond acceptors (Lipinski definition) is 2. The molecule has 2 aromatic carbocycles. The number of carbonyl (C=O) groups is 1. The summed E-state index contributed by atoms with van der Waals surface area (Å²) in [5.74, 6) is 3.31. The third kappa shape index (κ3) is 9.56. The minimum atomic E-state index is -4.38. The second-order valence-electron chi connectivity index (χ2n) is 7.75. The molecular weight excluding hydrogens is 435 g/mol. The molecule has 0 saturated carbocycles. The Balaban J connectivity index is 0.00000227. The normalized spacial score (nSPS) is 12.8. The highest BCUT2D eigenvalue weighted by atomic mass is 32.2. The number of alkyl halides is 3. The minimum absolute atomic E-state index is 0.295. The van der Waals surface area contributed by atoms with Gasteiger partial charge in [-0.1, -0.05) is 32.0 Å². The molecule has 1 atom stereocenters. The largest absolute Gasteiger partial charge is 0.416 e. The van der Waals surface area contributed by atoms with Crippen LogP contribution in [0, 0.1) is 5.41 Å². The van der Waals surface area contributed by atoms with E-state index in [4.69, 9.17) is 0 Å². The average molecular weight is 468 g/mol. The summed E-state index contributed by atoms with van der Waals surface area (Å²) in [6.07, 6.45) is -2.47. The van der Waals surface area contributed by atoms with E-state index in [1.807, 2.05) is 13.8 Å². The van der Waals surface area contributed by atoms with Crippen LogP contribution in [0.15, 0.2) is 79.7 Å². The smallest absolute Gasteiger partial charge is 0.351 e. The molecule has 0 aliphatic heterocycles. The van der Waals surface area contributed by atoms with Crippen molar-refractivity contribution in [1.29, 1.82) is 0 Å². The van der Waals surface area contributed by atoms with E-state index < -0.39 is 26.7 Å². The van der Waals surface area contributed by atoms with Crippen LogP contribution in [0.2, 0.25) is 0 Å². The molecule has 0 heterocycles. The number of halogens is 3. The Kier molecular flexibility index (Phi) is 11.2. The predicted molar refractivity (Wildman–Crippen MR) is 130 cm³/mol. The summed E-state index contributed by atoms with van der Waals surface area (Å²) in [4.78, 5) is 12.9. The first kappa shape index (κ1) is 29.2. The molecule has 1 N–H and O–H groups in total. The number of amides is 1. The van der Waals surface area contributed by atoms with Crippen LogP contribution in [-0.4, -0.2) is 28.8 Å². The topological polar surface area (TPSA) is 46.2 Å². The van der Waals surface area contributed by atoms with Crippen LogP contribution >= 0.6 is 0 Å². The summed E-state index contributed by atoms with van der Waals surface area (Å²) < 4.78 is 50.5. The van der Waals surface area contributed by atoms with E-state index in [0.717, 1.165) is 12.1 Å². The quantitative estimate of drug-likeness (QED) is 0.418. The van der Waals surface area contributed by atoms with Gasteiger partial charge in [-0.15, -0.1) is 26.3 Å². The third-order valence-electron chi connectivity index (χ3n) is 4.28. The molecule has 0 aromatic heterocycles. The van der Waals surface area contributed by atoms with Gasteiger partial charge < -0.3 is 5.32 Å². The monoisotopic (exact) mass is 467 g/mol. The lowest BCUT2D eigenvalue weighted by atomic mass is 9.85. The van der Waals surface area contributed by atoms with Crippen LogP contribution in [0.5, 0.6) is 0 Å². The van der Waals surface area contributed by atoms with Crippen molar-refractivity contribution in [2.45, 2.75) is 31.3 Å². The maximum Gasteiger partial charge on any atom is 0.416 e. The third-order valence-corrected chi connectivity index (χ3v) is 5.55. The highest BCUT2D eigenvalue weighted by Gasteiger charge is 2.31. The molecule has 0 fully saturated rings. The van der Waals surface area contributed by atoms with Crippen LogP contribution < -0.4 is 5.32 Å². The van der Waals surface area contributed by atoms with Crippen LogP contribution in [-0.2, 0) is 22.1 Å². The highest BCUT2D eigenvalue weighted by Crippen LogP contribution is 2.31. The minimum Gasteiger partial charge on any atom is -0.351 e. The van der Waals surface area contributed by atoms with Gasteiger partial charge in [-0.2, -0.15) is 13.2 Å². The second-order valence-corrected chi connectivity index (χ2v) is 10.2. The first-order chi connectivity index (χ1) is 14.8. The van der Waals surface area contributed by atoms with E-state index in [1.165, 1.54) is 12.3 Å². The van der Waals surface area contributed by atoms with Crippen molar-refractivity contribution in [3.8, 4) is 0 Å². The summed E-state index contributed by atoms with van der Waals surface area (Å²) >= 11 is 0. The fourth-order valence-electron chi connectivity index (χ4n) is 2.79. The van der Waals surface area contributed by atoms with Crippen molar-refractivity contribution >= 4 is 21.3 Å². The second kappa shape index (κ2) is 12.3. The maximum absolute atomic E-state index is 12.9. The van der Waals surface area contributed by atoms with Gasteiger partial charge in [0.15, 0.2) is 0 Å². The standard InChI is InChI=1S/C21H24F3NO2S.2C2H4/c1-20(2,13-15-6-5-7-17(12-15)21(22,23)24)14-25-19(26)16-8-10-18(11-9-16)28(3,4)27;2*1-2/h5-12H,3,13-14H2,1-2,4H3,(H,25,26);2*1-2H2. The summed E-state index contributed by atoms with van der Waals surface area (Å²) in [5.41, 5.74) is -0.137. The maximum atomic E-state index is 12.9. The first-order valence-corrected chi connectivity index (χ1v) is 11.8. The lowest BCUT2D eigenvalue weighted by molar-refractivity contribution is -0.137. The van der Waals surface area contributed by atoms with E-state index in [9.17, 15) is 22.2 Å². The Morgan fingerprint density at radius 2 is 1.53 bits per heavy atom. The van der Waals surface area contributed by atoms with Gasteiger partial charge in [0.05, 0.1) is 5.56 Å². The van der Waals surface area contributed by atoms with E-state index in [2.05, 4.69) is 37.5 Å². The lowest BCUT2D eigenvalue weighted by Crippen LogP contribution is -2.35. The highest BCUT2D eigenvalue weighted by molar-refractivity contribution is 7.99. The van der Waals surface area contributed by atoms with Gasteiger partial charge in [0.1, 0.15) is 0 Å². The van der Waals surface area contributed by atoms with Crippen LogP contribution in [0.25, 0.3) is 0 Å². The molecule has 1 amide bonds. The van der Waals surface area contributed by atoms with E-state index >= 15 is 0 Å². The van der Waals surface area contributed by atoms with Gasteiger partial charge >= 0.3 is 6.18 Å². The lowest BCUT2D eigenvalue weighted by Gasteiger charge is -2.25. The average Bonchev–Trinajstić information content (AvgIpc) is 2.74. The summed E-state index contributed by atoms with van der Waals surface area (Å²) in [5, 5.41) is 2.81. The molecule has 0 bridgehead atoms. The number of rotatable bonds is 6. The zero-order valence-corrected chi connectivity index (χ0v) is 19.7. The van der Waals surface area contributed by atoms with Gasteiger partial charge in [-0.3, -0.25) is 9.00 Å². The van der Waals surface area contributed by atoms with Gasteiger partial charge in [0, 0.05) is 23.3 Å². The zero-order valence-electron chi connectivity index (χ0n) is 18.9. The summed E-state index contributed by atoms with van der Waals surface area (Å²) in [6, 6.07) is 11.6. The Morgan fingerprint density at radius 1 is 1.00 bits per heavy atom. The molecule has 2 rings (SSSR count).